The molecule has 0 saturated heterocycles. The molecule has 0 heterocycles. The molecule has 118 valence electrons. The zero-order valence-corrected chi connectivity index (χ0v) is 14.1. The van der Waals surface area contributed by atoms with E-state index in [1.807, 2.05) is 49.3 Å². The summed E-state index contributed by atoms with van der Waals surface area (Å²) in [6, 6.07) is 15.9. The van der Waals surface area contributed by atoms with Crippen LogP contribution in [0.25, 0.3) is 0 Å². The van der Waals surface area contributed by atoms with Gasteiger partial charge in [-0.25, -0.2) is 13.1 Å². The van der Waals surface area contributed by atoms with Gasteiger partial charge < -0.3 is 4.90 Å². The van der Waals surface area contributed by atoms with Gasteiger partial charge in [-0.3, -0.25) is 0 Å². The lowest BCUT2D eigenvalue weighted by atomic mass is 10.1. The van der Waals surface area contributed by atoms with Crippen molar-refractivity contribution in [3.8, 4) is 0 Å². The van der Waals surface area contributed by atoms with Gasteiger partial charge in [0.2, 0.25) is 10.0 Å². The predicted molar refractivity (Wildman–Crippen MR) is 89.5 cm³/mol. The number of likely N-dealkylation sites (N-methyl/N-ethyl adjacent to an activating group) is 1. The molecular formula is C16H19ClN2O2S. The second kappa shape index (κ2) is 7.24. The molecule has 0 spiro atoms. The second-order valence-corrected chi connectivity index (χ2v) is 7.40. The Morgan fingerprint density at radius 2 is 1.64 bits per heavy atom. The van der Waals surface area contributed by atoms with E-state index < -0.39 is 10.0 Å². The van der Waals surface area contributed by atoms with Crippen LogP contribution in [0.15, 0.2) is 59.5 Å². The lowest BCUT2D eigenvalue weighted by molar-refractivity contribution is 0.299. The fraction of sp³-hybridized carbons (Fsp3) is 0.250. The van der Waals surface area contributed by atoms with E-state index in [0.29, 0.717) is 11.6 Å². The van der Waals surface area contributed by atoms with E-state index in [1.54, 1.807) is 12.1 Å². The van der Waals surface area contributed by atoms with Gasteiger partial charge in [0, 0.05) is 17.6 Å². The van der Waals surface area contributed by atoms with Gasteiger partial charge in [-0.05, 0) is 43.9 Å². The monoisotopic (exact) mass is 338 g/mol. The lowest BCUT2D eigenvalue weighted by Crippen LogP contribution is -2.34. The molecule has 0 fully saturated rings. The Bertz CT molecular complexity index is 701. The van der Waals surface area contributed by atoms with E-state index >= 15 is 0 Å². The summed E-state index contributed by atoms with van der Waals surface area (Å²) in [5.41, 5.74) is 1.06. The highest BCUT2D eigenvalue weighted by Crippen LogP contribution is 2.19. The van der Waals surface area contributed by atoms with Crippen molar-refractivity contribution in [2.24, 2.45) is 0 Å². The number of nitrogens with one attached hydrogen (secondary N) is 1. The smallest absolute Gasteiger partial charge is 0.240 e. The first-order valence-electron chi connectivity index (χ1n) is 6.87. The van der Waals surface area contributed by atoms with Crippen molar-refractivity contribution in [3.05, 3.63) is 65.2 Å². The van der Waals surface area contributed by atoms with Gasteiger partial charge in [0.25, 0.3) is 0 Å². The molecule has 1 atom stereocenters. The molecule has 0 bridgehead atoms. The molecule has 0 saturated carbocycles. The van der Waals surface area contributed by atoms with Crippen LogP contribution in [0.1, 0.15) is 11.6 Å². The fourth-order valence-corrected chi connectivity index (χ4v) is 3.32. The number of halogens is 1. The van der Waals surface area contributed by atoms with Crippen LogP contribution in [0, 0.1) is 0 Å². The average Bonchev–Trinajstić information content (AvgIpc) is 2.48. The van der Waals surface area contributed by atoms with Gasteiger partial charge in [0.05, 0.1) is 4.90 Å². The number of rotatable bonds is 6. The van der Waals surface area contributed by atoms with Crippen LogP contribution in [0.3, 0.4) is 0 Å². The highest BCUT2D eigenvalue weighted by molar-refractivity contribution is 7.89. The highest BCUT2D eigenvalue weighted by atomic mass is 35.5. The zero-order chi connectivity index (χ0) is 16.2. The summed E-state index contributed by atoms with van der Waals surface area (Å²) in [7, 11) is 0.301. The Kier molecular flexibility index (Phi) is 5.58. The normalized spacial score (nSPS) is 13.3. The minimum absolute atomic E-state index is 0.0386. The predicted octanol–water partition coefficient (Wildman–Crippen LogP) is 2.92. The van der Waals surface area contributed by atoms with Crippen LogP contribution < -0.4 is 4.72 Å². The molecule has 6 heteroatoms. The molecule has 0 aromatic heterocycles. The lowest BCUT2D eigenvalue weighted by Gasteiger charge is -2.25. The first-order chi connectivity index (χ1) is 10.4. The standard InChI is InChI=1S/C16H19ClN2O2S/c1-19(2)16(13-6-4-3-5-7-13)12-18-22(20,21)15-10-8-14(17)9-11-15/h3-11,16,18H,12H2,1-2H3. The van der Waals surface area contributed by atoms with Crippen LogP contribution >= 0.6 is 11.6 Å². The Morgan fingerprint density at radius 3 is 2.18 bits per heavy atom. The van der Waals surface area contributed by atoms with Crippen molar-refractivity contribution < 1.29 is 8.42 Å². The summed E-state index contributed by atoms with van der Waals surface area (Å²) < 4.78 is 27.3. The van der Waals surface area contributed by atoms with E-state index in [9.17, 15) is 8.42 Å². The maximum absolute atomic E-state index is 12.3. The van der Waals surface area contributed by atoms with Crippen molar-refractivity contribution in [3.63, 3.8) is 0 Å². The van der Waals surface area contributed by atoms with Gasteiger partial charge in [-0.1, -0.05) is 41.9 Å². The van der Waals surface area contributed by atoms with Crippen molar-refractivity contribution in [2.45, 2.75) is 10.9 Å². The SMILES string of the molecule is CN(C)C(CNS(=O)(=O)c1ccc(Cl)cc1)c1ccccc1. The summed E-state index contributed by atoms with van der Waals surface area (Å²) in [5.74, 6) is 0. The second-order valence-electron chi connectivity index (χ2n) is 5.20. The summed E-state index contributed by atoms with van der Waals surface area (Å²) in [6.45, 7) is 0.294. The van der Waals surface area contributed by atoms with E-state index in [-0.39, 0.29) is 10.9 Å². The Morgan fingerprint density at radius 1 is 1.05 bits per heavy atom. The van der Waals surface area contributed by atoms with Crippen molar-refractivity contribution >= 4 is 21.6 Å². The minimum atomic E-state index is -3.55. The summed E-state index contributed by atoms with van der Waals surface area (Å²) >= 11 is 5.79. The van der Waals surface area contributed by atoms with E-state index in [2.05, 4.69) is 4.72 Å². The molecular weight excluding hydrogens is 320 g/mol. The topological polar surface area (TPSA) is 49.4 Å². The van der Waals surface area contributed by atoms with Crippen LogP contribution in [0.4, 0.5) is 0 Å². The molecule has 22 heavy (non-hydrogen) atoms. The van der Waals surface area contributed by atoms with Crippen LogP contribution in [-0.2, 0) is 10.0 Å². The summed E-state index contributed by atoms with van der Waals surface area (Å²) in [4.78, 5) is 2.20. The Balaban J connectivity index is 2.14. The van der Waals surface area contributed by atoms with E-state index in [1.165, 1.54) is 12.1 Å². The van der Waals surface area contributed by atoms with Gasteiger partial charge in [0.15, 0.2) is 0 Å². The molecule has 0 radical (unpaired) electrons. The van der Waals surface area contributed by atoms with E-state index in [0.717, 1.165) is 5.56 Å². The third-order valence-corrected chi connectivity index (χ3v) is 5.09. The van der Waals surface area contributed by atoms with Crippen LogP contribution in [-0.4, -0.2) is 34.0 Å². The number of hydrogen-bond donors (Lipinski definition) is 1. The third kappa shape index (κ3) is 4.30. The van der Waals surface area contributed by atoms with E-state index in [4.69, 9.17) is 11.6 Å². The molecule has 0 aliphatic heterocycles. The molecule has 4 nitrogen and oxygen atoms in total. The fourth-order valence-electron chi connectivity index (χ4n) is 2.16. The molecule has 1 N–H and O–H groups in total. The largest absolute Gasteiger partial charge is 0.301 e. The molecule has 2 rings (SSSR count). The molecule has 2 aromatic rings. The summed E-state index contributed by atoms with van der Waals surface area (Å²) in [5, 5.41) is 0.509. The number of sulfonamides is 1. The van der Waals surface area contributed by atoms with Gasteiger partial charge in [-0.15, -0.1) is 0 Å². The molecule has 0 aliphatic rings. The van der Waals surface area contributed by atoms with Crippen molar-refractivity contribution in [1.29, 1.82) is 0 Å². The molecule has 2 aromatic carbocycles. The highest BCUT2D eigenvalue weighted by Gasteiger charge is 2.19. The first-order valence-corrected chi connectivity index (χ1v) is 8.73. The molecule has 0 amide bonds. The molecule has 0 aliphatic carbocycles. The maximum Gasteiger partial charge on any atom is 0.240 e. The van der Waals surface area contributed by atoms with Crippen LogP contribution in [0.2, 0.25) is 5.02 Å². The van der Waals surface area contributed by atoms with Gasteiger partial charge >= 0.3 is 0 Å². The summed E-state index contributed by atoms with van der Waals surface area (Å²) in [6.07, 6.45) is 0. The van der Waals surface area contributed by atoms with Crippen molar-refractivity contribution in [2.75, 3.05) is 20.6 Å². The average molecular weight is 339 g/mol. The van der Waals surface area contributed by atoms with Crippen LogP contribution in [0.5, 0.6) is 0 Å². The van der Waals surface area contributed by atoms with Gasteiger partial charge in [0.1, 0.15) is 0 Å². The van der Waals surface area contributed by atoms with Gasteiger partial charge in [-0.2, -0.15) is 0 Å². The minimum Gasteiger partial charge on any atom is -0.301 e. The van der Waals surface area contributed by atoms with Crippen molar-refractivity contribution in [1.82, 2.24) is 9.62 Å². The zero-order valence-electron chi connectivity index (χ0n) is 12.5. The first kappa shape index (κ1) is 17.0. The third-order valence-electron chi connectivity index (χ3n) is 3.40. The Labute approximate surface area is 136 Å². The molecule has 1 unspecified atom stereocenters. The number of hydrogen-bond acceptors (Lipinski definition) is 3. The maximum atomic E-state index is 12.3. The number of nitrogens with zero attached hydrogens (tertiary/aromatic N) is 1. The Hall–Kier alpha value is -1.40. The number of benzene rings is 2. The quantitative estimate of drug-likeness (QED) is 0.881.